The van der Waals surface area contributed by atoms with Crippen molar-refractivity contribution in [3.8, 4) is 0 Å². The zero-order valence-electron chi connectivity index (χ0n) is 14.7. The van der Waals surface area contributed by atoms with Crippen molar-refractivity contribution in [3.63, 3.8) is 0 Å². The molecule has 2 N–H and O–H groups in total. The SMILES string of the molecule is Cc1ccc(C(CNC(=O)c2cccc(CO)c2)N2CCCC2)cc1. The van der Waals surface area contributed by atoms with Gasteiger partial charge in [0.1, 0.15) is 0 Å². The fourth-order valence-corrected chi connectivity index (χ4v) is 3.40. The Morgan fingerprint density at radius 2 is 1.88 bits per heavy atom. The van der Waals surface area contributed by atoms with Gasteiger partial charge in [0.25, 0.3) is 5.91 Å². The summed E-state index contributed by atoms with van der Waals surface area (Å²) in [6.45, 7) is 4.78. The van der Waals surface area contributed by atoms with Gasteiger partial charge in [-0.2, -0.15) is 0 Å². The first kappa shape index (κ1) is 17.6. The number of rotatable bonds is 6. The molecule has 2 aromatic carbocycles. The molecule has 1 unspecified atom stereocenters. The Labute approximate surface area is 149 Å². The van der Waals surface area contributed by atoms with Gasteiger partial charge in [-0.15, -0.1) is 0 Å². The van der Waals surface area contributed by atoms with Gasteiger partial charge >= 0.3 is 0 Å². The predicted octanol–water partition coefficient (Wildman–Crippen LogP) is 3.05. The van der Waals surface area contributed by atoms with Gasteiger partial charge in [0, 0.05) is 12.1 Å². The third-order valence-corrected chi connectivity index (χ3v) is 4.87. The predicted molar refractivity (Wildman–Crippen MR) is 99.4 cm³/mol. The first-order valence-electron chi connectivity index (χ1n) is 8.96. The summed E-state index contributed by atoms with van der Waals surface area (Å²) in [5.74, 6) is -0.0911. The number of aryl methyl sites for hydroxylation is 1. The minimum Gasteiger partial charge on any atom is -0.392 e. The summed E-state index contributed by atoms with van der Waals surface area (Å²) in [5, 5.41) is 12.3. The van der Waals surface area contributed by atoms with E-state index < -0.39 is 0 Å². The van der Waals surface area contributed by atoms with Crippen molar-refractivity contribution < 1.29 is 9.90 Å². The van der Waals surface area contributed by atoms with Crippen LogP contribution in [-0.4, -0.2) is 35.5 Å². The van der Waals surface area contributed by atoms with E-state index in [1.54, 1.807) is 18.2 Å². The number of hydrogen-bond donors (Lipinski definition) is 2. The standard InChI is InChI=1S/C21H26N2O2/c1-16-7-9-18(10-8-16)20(23-11-2-3-12-23)14-22-21(25)19-6-4-5-17(13-19)15-24/h4-10,13,20,24H,2-3,11-12,14-15H2,1H3,(H,22,25). The number of aliphatic hydroxyl groups is 1. The van der Waals surface area contributed by atoms with Crippen LogP contribution >= 0.6 is 0 Å². The second-order valence-corrected chi connectivity index (χ2v) is 6.74. The van der Waals surface area contributed by atoms with Crippen LogP contribution in [0.3, 0.4) is 0 Å². The number of benzene rings is 2. The van der Waals surface area contributed by atoms with Gasteiger partial charge in [-0.1, -0.05) is 42.0 Å². The summed E-state index contributed by atoms with van der Waals surface area (Å²) >= 11 is 0. The molecule has 2 aromatic rings. The van der Waals surface area contributed by atoms with E-state index in [9.17, 15) is 9.90 Å². The Hall–Kier alpha value is -2.17. The summed E-state index contributed by atoms with van der Waals surface area (Å²) in [6.07, 6.45) is 2.43. The van der Waals surface area contributed by atoms with E-state index in [2.05, 4.69) is 41.4 Å². The number of aliphatic hydroxyl groups excluding tert-OH is 1. The van der Waals surface area contributed by atoms with E-state index in [-0.39, 0.29) is 18.6 Å². The van der Waals surface area contributed by atoms with Crippen LogP contribution in [0.15, 0.2) is 48.5 Å². The minimum absolute atomic E-state index is 0.0547. The molecule has 1 saturated heterocycles. The van der Waals surface area contributed by atoms with Crippen molar-refractivity contribution in [1.29, 1.82) is 0 Å². The lowest BCUT2D eigenvalue weighted by atomic mass is 10.0. The molecule has 0 saturated carbocycles. The Morgan fingerprint density at radius 3 is 2.56 bits per heavy atom. The van der Waals surface area contributed by atoms with Crippen LogP contribution < -0.4 is 5.32 Å². The van der Waals surface area contributed by atoms with Gasteiger partial charge in [-0.25, -0.2) is 0 Å². The Kier molecular flexibility index (Phi) is 5.84. The Morgan fingerprint density at radius 1 is 1.16 bits per heavy atom. The van der Waals surface area contributed by atoms with Crippen molar-refractivity contribution in [2.45, 2.75) is 32.4 Å². The highest BCUT2D eigenvalue weighted by Gasteiger charge is 2.24. The van der Waals surface area contributed by atoms with Gasteiger partial charge in [-0.3, -0.25) is 9.69 Å². The number of nitrogens with one attached hydrogen (secondary N) is 1. The van der Waals surface area contributed by atoms with E-state index in [0.717, 1.165) is 18.7 Å². The molecule has 4 nitrogen and oxygen atoms in total. The van der Waals surface area contributed by atoms with E-state index in [0.29, 0.717) is 12.1 Å². The summed E-state index contributed by atoms with van der Waals surface area (Å²) in [7, 11) is 0. The molecule has 1 amide bonds. The zero-order chi connectivity index (χ0) is 17.6. The van der Waals surface area contributed by atoms with E-state index in [4.69, 9.17) is 0 Å². The number of carbonyl (C=O) groups excluding carboxylic acids is 1. The van der Waals surface area contributed by atoms with Crippen LogP contribution in [0, 0.1) is 6.92 Å². The van der Waals surface area contributed by atoms with Gasteiger partial charge in [-0.05, 0) is 56.1 Å². The molecule has 3 rings (SSSR count). The second kappa shape index (κ2) is 8.28. The number of amides is 1. The fourth-order valence-electron chi connectivity index (χ4n) is 3.40. The molecule has 0 aromatic heterocycles. The smallest absolute Gasteiger partial charge is 0.251 e. The first-order valence-corrected chi connectivity index (χ1v) is 8.96. The highest BCUT2D eigenvalue weighted by molar-refractivity contribution is 5.94. The molecule has 0 radical (unpaired) electrons. The lowest BCUT2D eigenvalue weighted by Crippen LogP contribution is -2.36. The van der Waals surface area contributed by atoms with Gasteiger partial charge in [0.15, 0.2) is 0 Å². The van der Waals surface area contributed by atoms with Gasteiger partial charge < -0.3 is 10.4 Å². The van der Waals surface area contributed by atoms with Crippen LogP contribution in [0.25, 0.3) is 0 Å². The van der Waals surface area contributed by atoms with E-state index in [1.165, 1.54) is 24.0 Å². The van der Waals surface area contributed by atoms with Crippen LogP contribution in [0.2, 0.25) is 0 Å². The maximum atomic E-state index is 12.5. The molecule has 0 bridgehead atoms. The molecule has 1 aliphatic rings. The largest absolute Gasteiger partial charge is 0.392 e. The molecule has 0 spiro atoms. The molecular weight excluding hydrogens is 312 g/mol. The molecule has 0 aliphatic carbocycles. The molecule has 25 heavy (non-hydrogen) atoms. The average Bonchev–Trinajstić information content (AvgIpc) is 3.17. The highest BCUT2D eigenvalue weighted by atomic mass is 16.3. The number of carbonyl (C=O) groups is 1. The van der Waals surface area contributed by atoms with Crippen molar-refractivity contribution in [2.75, 3.05) is 19.6 Å². The van der Waals surface area contributed by atoms with Crippen molar-refractivity contribution >= 4 is 5.91 Å². The lowest BCUT2D eigenvalue weighted by molar-refractivity contribution is 0.0937. The van der Waals surface area contributed by atoms with Crippen LogP contribution in [0.5, 0.6) is 0 Å². The van der Waals surface area contributed by atoms with Crippen LogP contribution in [0.4, 0.5) is 0 Å². The normalized spacial score (nSPS) is 15.9. The van der Waals surface area contributed by atoms with Gasteiger partial charge in [0.05, 0.1) is 12.6 Å². The lowest BCUT2D eigenvalue weighted by Gasteiger charge is -2.28. The average molecular weight is 338 g/mol. The number of hydrogen-bond acceptors (Lipinski definition) is 3. The topological polar surface area (TPSA) is 52.6 Å². The molecule has 1 atom stereocenters. The monoisotopic (exact) mass is 338 g/mol. The summed E-state index contributed by atoms with van der Waals surface area (Å²) in [5.41, 5.74) is 3.84. The summed E-state index contributed by atoms with van der Waals surface area (Å²) in [4.78, 5) is 15.0. The van der Waals surface area contributed by atoms with Crippen molar-refractivity contribution in [3.05, 3.63) is 70.8 Å². The minimum atomic E-state index is -0.0911. The third kappa shape index (κ3) is 4.47. The third-order valence-electron chi connectivity index (χ3n) is 4.87. The quantitative estimate of drug-likeness (QED) is 0.851. The summed E-state index contributed by atoms with van der Waals surface area (Å²) in [6, 6.07) is 15.9. The van der Waals surface area contributed by atoms with E-state index >= 15 is 0 Å². The van der Waals surface area contributed by atoms with E-state index in [1.807, 2.05) is 6.07 Å². The number of nitrogens with zero attached hydrogens (tertiary/aromatic N) is 1. The Balaban J connectivity index is 1.71. The molecular formula is C21H26N2O2. The van der Waals surface area contributed by atoms with Crippen molar-refractivity contribution in [2.24, 2.45) is 0 Å². The summed E-state index contributed by atoms with van der Waals surface area (Å²) < 4.78 is 0. The first-order chi connectivity index (χ1) is 12.2. The van der Waals surface area contributed by atoms with Crippen LogP contribution in [-0.2, 0) is 6.61 Å². The maximum Gasteiger partial charge on any atom is 0.251 e. The molecule has 132 valence electrons. The van der Waals surface area contributed by atoms with Crippen molar-refractivity contribution in [1.82, 2.24) is 10.2 Å². The zero-order valence-corrected chi connectivity index (χ0v) is 14.7. The molecule has 1 fully saturated rings. The van der Waals surface area contributed by atoms with Gasteiger partial charge in [0.2, 0.25) is 0 Å². The number of likely N-dealkylation sites (tertiary alicyclic amines) is 1. The molecule has 1 aliphatic heterocycles. The Bertz CT molecular complexity index is 706. The maximum absolute atomic E-state index is 12.5. The highest BCUT2D eigenvalue weighted by Crippen LogP contribution is 2.25. The second-order valence-electron chi connectivity index (χ2n) is 6.74. The molecule has 4 heteroatoms. The fraction of sp³-hybridized carbons (Fsp3) is 0.381. The molecule has 1 heterocycles. The van der Waals surface area contributed by atoms with Crippen LogP contribution in [0.1, 0.15) is 45.9 Å².